The van der Waals surface area contributed by atoms with Crippen molar-refractivity contribution < 1.29 is 19.1 Å². The van der Waals surface area contributed by atoms with Crippen molar-refractivity contribution in [2.45, 2.75) is 45.1 Å². The molecule has 0 aromatic carbocycles. The van der Waals surface area contributed by atoms with Gasteiger partial charge in [0.2, 0.25) is 0 Å². The minimum absolute atomic E-state index is 0.203. The Bertz CT molecular complexity index is 412. The molecule has 1 N–H and O–H groups in total. The summed E-state index contributed by atoms with van der Waals surface area (Å²) >= 11 is 0. The summed E-state index contributed by atoms with van der Waals surface area (Å²) in [6.45, 7) is 5.39. The zero-order chi connectivity index (χ0) is 12.7. The van der Waals surface area contributed by atoms with Gasteiger partial charge in [-0.25, -0.2) is 4.79 Å². The van der Waals surface area contributed by atoms with Gasteiger partial charge in [-0.2, -0.15) is 0 Å². The molecule has 0 bridgehead atoms. The van der Waals surface area contributed by atoms with Gasteiger partial charge in [0.25, 0.3) is 0 Å². The molecule has 1 aromatic heterocycles. The molecular weight excluding hydrogens is 222 g/mol. The summed E-state index contributed by atoms with van der Waals surface area (Å²) in [7, 11) is 0. The first kappa shape index (κ1) is 12.0. The van der Waals surface area contributed by atoms with Gasteiger partial charge < -0.3 is 14.3 Å². The fourth-order valence-electron chi connectivity index (χ4n) is 1.99. The Morgan fingerprint density at radius 2 is 2.18 bits per heavy atom. The van der Waals surface area contributed by atoms with Crippen molar-refractivity contribution in [1.29, 1.82) is 0 Å². The number of furan rings is 1. The molecule has 5 heteroatoms. The van der Waals surface area contributed by atoms with Gasteiger partial charge in [0.05, 0.1) is 12.8 Å². The topological polar surface area (TPSA) is 62.9 Å². The number of carbonyl (C=O) groups is 1. The standard InChI is InChI=1S/C12H17NO4/c1-4-11(2)12(3,15)13(10(14)17-11)8-9-6-5-7-16-9/h5-7,15H,4,8H2,1-3H3/t11-,12-/m0/s1. The minimum Gasteiger partial charge on any atom is -0.467 e. The van der Waals surface area contributed by atoms with Crippen molar-refractivity contribution in [2.75, 3.05) is 0 Å². The first-order valence-corrected chi connectivity index (χ1v) is 5.66. The lowest BCUT2D eigenvalue weighted by molar-refractivity contribution is -0.140. The van der Waals surface area contributed by atoms with E-state index in [1.807, 2.05) is 6.92 Å². The Morgan fingerprint density at radius 1 is 1.47 bits per heavy atom. The average Bonchev–Trinajstić information content (AvgIpc) is 2.82. The van der Waals surface area contributed by atoms with E-state index in [1.165, 1.54) is 11.2 Å². The molecule has 0 unspecified atom stereocenters. The lowest BCUT2D eigenvalue weighted by Crippen LogP contribution is -2.54. The van der Waals surface area contributed by atoms with Crippen molar-refractivity contribution in [1.82, 2.24) is 4.90 Å². The summed E-state index contributed by atoms with van der Waals surface area (Å²) < 4.78 is 10.4. The van der Waals surface area contributed by atoms with Crippen LogP contribution in [0.5, 0.6) is 0 Å². The van der Waals surface area contributed by atoms with Crippen LogP contribution in [0.4, 0.5) is 4.79 Å². The van der Waals surface area contributed by atoms with Crippen LogP contribution >= 0.6 is 0 Å². The van der Waals surface area contributed by atoms with Crippen LogP contribution < -0.4 is 0 Å². The van der Waals surface area contributed by atoms with Crippen LogP contribution in [0.2, 0.25) is 0 Å². The van der Waals surface area contributed by atoms with Gasteiger partial charge in [-0.1, -0.05) is 6.92 Å². The average molecular weight is 239 g/mol. The molecule has 2 rings (SSSR count). The van der Waals surface area contributed by atoms with Crippen LogP contribution in [0.1, 0.15) is 33.0 Å². The first-order valence-electron chi connectivity index (χ1n) is 5.66. The molecule has 2 atom stereocenters. The van der Waals surface area contributed by atoms with E-state index in [0.717, 1.165) is 0 Å². The fourth-order valence-corrected chi connectivity index (χ4v) is 1.99. The highest BCUT2D eigenvalue weighted by atomic mass is 16.6. The molecule has 1 aliphatic rings. The van der Waals surface area contributed by atoms with E-state index in [2.05, 4.69) is 0 Å². The van der Waals surface area contributed by atoms with Crippen LogP contribution in [-0.4, -0.2) is 27.4 Å². The number of amides is 1. The molecule has 1 amide bonds. The zero-order valence-corrected chi connectivity index (χ0v) is 10.3. The second-order valence-corrected chi connectivity index (χ2v) is 4.64. The summed E-state index contributed by atoms with van der Waals surface area (Å²) in [6, 6.07) is 3.50. The Kier molecular flexibility index (Phi) is 2.66. The molecule has 0 saturated carbocycles. The van der Waals surface area contributed by atoms with Gasteiger partial charge >= 0.3 is 6.09 Å². The predicted octanol–water partition coefficient (Wildman–Crippen LogP) is 2.11. The molecule has 1 aliphatic heterocycles. The minimum atomic E-state index is -1.34. The largest absolute Gasteiger partial charge is 0.467 e. The summed E-state index contributed by atoms with van der Waals surface area (Å²) in [4.78, 5) is 13.1. The zero-order valence-electron chi connectivity index (χ0n) is 10.3. The Labute approximate surface area is 100.0 Å². The molecule has 94 valence electrons. The Balaban J connectivity index is 2.26. The highest BCUT2D eigenvalue weighted by molar-refractivity contribution is 5.72. The van der Waals surface area contributed by atoms with Gasteiger partial charge in [-0.3, -0.25) is 4.90 Å². The molecule has 1 aromatic rings. The summed E-state index contributed by atoms with van der Waals surface area (Å²) in [5, 5.41) is 10.5. The van der Waals surface area contributed by atoms with Crippen LogP contribution in [0.25, 0.3) is 0 Å². The second-order valence-electron chi connectivity index (χ2n) is 4.64. The smallest absolute Gasteiger partial charge is 0.413 e. The highest BCUT2D eigenvalue weighted by Gasteiger charge is 2.58. The van der Waals surface area contributed by atoms with Crippen LogP contribution in [-0.2, 0) is 11.3 Å². The Hall–Kier alpha value is -1.49. The second kappa shape index (κ2) is 3.77. The molecule has 17 heavy (non-hydrogen) atoms. The number of ether oxygens (including phenoxy) is 1. The van der Waals surface area contributed by atoms with Crippen molar-refractivity contribution in [3.63, 3.8) is 0 Å². The number of hydrogen-bond donors (Lipinski definition) is 1. The number of hydrogen-bond acceptors (Lipinski definition) is 4. The molecule has 0 radical (unpaired) electrons. The quantitative estimate of drug-likeness (QED) is 0.877. The van der Waals surface area contributed by atoms with E-state index in [1.54, 1.807) is 26.0 Å². The lowest BCUT2D eigenvalue weighted by Gasteiger charge is -2.36. The third kappa shape index (κ3) is 1.70. The number of cyclic esters (lactones) is 1. The van der Waals surface area contributed by atoms with E-state index >= 15 is 0 Å². The van der Waals surface area contributed by atoms with Crippen molar-refractivity contribution >= 4 is 6.09 Å². The molecule has 2 heterocycles. The van der Waals surface area contributed by atoms with Crippen LogP contribution in [0, 0.1) is 0 Å². The number of aliphatic hydroxyl groups is 1. The van der Waals surface area contributed by atoms with E-state index in [4.69, 9.17) is 9.15 Å². The van der Waals surface area contributed by atoms with Crippen molar-refractivity contribution in [3.8, 4) is 0 Å². The third-order valence-electron chi connectivity index (χ3n) is 3.63. The summed E-state index contributed by atoms with van der Waals surface area (Å²) in [5.74, 6) is 0.613. The van der Waals surface area contributed by atoms with Gasteiger partial charge in [0.15, 0.2) is 11.3 Å². The van der Waals surface area contributed by atoms with Gasteiger partial charge in [-0.15, -0.1) is 0 Å². The van der Waals surface area contributed by atoms with E-state index in [9.17, 15) is 9.90 Å². The van der Waals surface area contributed by atoms with Gasteiger partial charge in [0.1, 0.15) is 5.76 Å². The van der Waals surface area contributed by atoms with Gasteiger partial charge in [0, 0.05) is 0 Å². The molecule has 0 spiro atoms. The van der Waals surface area contributed by atoms with Crippen molar-refractivity contribution in [3.05, 3.63) is 24.2 Å². The predicted molar refractivity (Wildman–Crippen MR) is 60.1 cm³/mol. The highest BCUT2D eigenvalue weighted by Crippen LogP contribution is 2.40. The molecule has 0 aliphatic carbocycles. The van der Waals surface area contributed by atoms with Crippen LogP contribution in [0.15, 0.2) is 22.8 Å². The van der Waals surface area contributed by atoms with E-state index in [-0.39, 0.29) is 6.54 Å². The summed E-state index contributed by atoms with van der Waals surface area (Å²) in [6.07, 6.45) is 1.56. The molecule has 1 fully saturated rings. The lowest BCUT2D eigenvalue weighted by atomic mass is 9.91. The number of nitrogens with zero attached hydrogens (tertiary/aromatic N) is 1. The van der Waals surface area contributed by atoms with Crippen LogP contribution in [0.3, 0.4) is 0 Å². The van der Waals surface area contributed by atoms with E-state index < -0.39 is 17.4 Å². The molecular formula is C12H17NO4. The SMILES string of the molecule is CC[C@]1(C)OC(=O)N(Cc2ccco2)[C@@]1(C)O. The maximum atomic E-state index is 11.8. The van der Waals surface area contributed by atoms with Crippen molar-refractivity contribution in [2.24, 2.45) is 0 Å². The van der Waals surface area contributed by atoms with Gasteiger partial charge in [-0.05, 0) is 32.4 Å². The number of rotatable bonds is 3. The fraction of sp³-hybridized carbons (Fsp3) is 0.583. The maximum Gasteiger partial charge on any atom is 0.413 e. The number of carbonyl (C=O) groups excluding carboxylic acids is 1. The first-order chi connectivity index (χ1) is 7.90. The Morgan fingerprint density at radius 3 is 2.65 bits per heavy atom. The third-order valence-corrected chi connectivity index (χ3v) is 3.63. The maximum absolute atomic E-state index is 11.8. The monoisotopic (exact) mass is 239 g/mol. The normalized spacial score (nSPS) is 32.9. The van der Waals surface area contributed by atoms with E-state index in [0.29, 0.717) is 12.2 Å². The molecule has 1 saturated heterocycles. The molecule has 5 nitrogen and oxygen atoms in total. The summed E-state index contributed by atoms with van der Waals surface area (Å²) in [5.41, 5.74) is -2.23.